The molecule has 1 N–H and O–H groups in total. The standard InChI is InChI=1S/C20H21N5O2/c1-24(14-17-10-6-3-7-11-17)20-18(25(26)27)19(22-15-23-20)21-13-12-16-8-4-2-5-9-16/h2-11,15H,12-14H2,1H3,(H,21,22,23). The van der Waals surface area contributed by atoms with Crippen molar-refractivity contribution in [3.05, 3.63) is 88.2 Å². The number of aromatic nitrogens is 2. The normalized spacial score (nSPS) is 10.4. The number of benzene rings is 2. The maximum absolute atomic E-state index is 11.7. The van der Waals surface area contributed by atoms with Crippen LogP contribution in [0.2, 0.25) is 0 Å². The van der Waals surface area contributed by atoms with Gasteiger partial charge in [0.15, 0.2) is 0 Å². The molecule has 0 amide bonds. The van der Waals surface area contributed by atoms with Crippen molar-refractivity contribution in [2.45, 2.75) is 13.0 Å². The highest BCUT2D eigenvalue weighted by atomic mass is 16.6. The van der Waals surface area contributed by atoms with Crippen LogP contribution < -0.4 is 10.2 Å². The van der Waals surface area contributed by atoms with Crippen molar-refractivity contribution in [3.63, 3.8) is 0 Å². The van der Waals surface area contributed by atoms with Crippen LogP contribution >= 0.6 is 0 Å². The molecule has 1 aromatic heterocycles. The van der Waals surface area contributed by atoms with Crippen molar-refractivity contribution in [2.24, 2.45) is 0 Å². The van der Waals surface area contributed by atoms with Gasteiger partial charge in [0.2, 0.25) is 11.6 Å². The molecule has 0 aliphatic carbocycles. The molecule has 7 nitrogen and oxygen atoms in total. The Morgan fingerprint density at radius 3 is 2.26 bits per heavy atom. The minimum Gasteiger partial charge on any atom is -0.364 e. The van der Waals surface area contributed by atoms with Crippen molar-refractivity contribution < 1.29 is 4.92 Å². The van der Waals surface area contributed by atoms with Crippen molar-refractivity contribution in [1.29, 1.82) is 0 Å². The number of anilines is 2. The average molecular weight is 363 g/mol. The van der Waals surface area contributed by atoms with Gasteiger partial charge in [0.25, 0.3) is 0 Å². The lowest BCUT2D eigenvalue weighted by Crippen LogP contribution is -2.20. The van der Waals surface area contributed by atoms with Gasteiger partial charge in [-0.3, -0.25) is 10.1 Å². The fourth-order valence-electron chi connectivity index (χ4n) is 2.85. The molecule has 138 valence electrons. The first kappa shape index (κ1) is 18.3. The van der Waals surface area contributed by atoms with E-state index >= 15 is 0 Å². The fraction of sp³-hybridized carbons (Fsp3) is 0.200. The Morgan fingerprint density at radius 2 is 1.63 bits per heavy atom. The van der Waals surface area contributed by atoms with Crippen LogP contribution in [0.5, 0.6) is 0 Å². The maximum Gasteiger partial charge on any atom is 0.353 e. The first-order valence-corrected chi connectivity index (χ1v) is 8.67. The molecule has 0 bridgehead atoms. The quantitative estimate of drug-likeness (QED) is 0.485. The first-order chi connectivity index (χ1) is 13.1. The van der Waals surface area contributed by atoms with Crippen molar-refractivity contribution in [1.82, 2.24) is 9.97 Å². The number of nitrogens with zero attached hydrogens (tertiary/aromatic N) is 4. The monoisotopic (exact) mass is 363 g/mol. The van der Waals surface area contributed by atoms with Gasteiger partial charge in [-0.25, -0.2) is 9.97 Å². The summed E-state index contributed by atoms with van der Waals surface area (Å²) in [6, 6.07) is 19.7. The summed E-state index contributed by atoms with van der Waals surface area (Å²) in [4.78, 5) is 21.3. The number of hydrogen-bond acceptors (Lipinski definition) is 6. The van der Waals surface area contributed by atoms with Crippen molar-refractivity contribution >= 4 is 17.3 Å². The van der Waals surface area contributed by atoms with Gasteiger partial charge in [-0.15, -0.1) is 0 Å². The van der Waals surface area contributed by atoms with E-state index in [0.717, 1.165) is 17.5 Å². The smallest absolute Gasteiger partial charge is 0.353 e. The Labute approximate surface area is 157 Å². The third-order valence-corrected chi connectivity index (χ3v) is 4.16. The zero-order chi connectivity index (χ0) is 19.1. The summed E-state index contributed by atoms with van der Waals surface area (Å²) < 4.78 is 0. The number of hydrogen-bond donors (Lipinski definition) is 1. The van der Waals surface area contributed by atoms with Gasteiger partial charge >= 0.3 is 5.69 Å². The van der Waals surface area contributed by atoms with E-state index in [-0.39, 0.29) is 11.5 Å². The van der Waals surface area contributed by atoms with Crippen LogP contribution in [-0.2, 0) is 13.0 Å². The molecule has 0 saturated carbocycles. The highest BCUT2D eigenvalue weighted by Crippen LogP contribution is 2.31. The van der Waals surface area contributed by atoms with E-state index in [4.69, 9.17) is 0 Å². The Bertz CT molecular complexity index is 887. The SMILES string of the molecule is CN(Cc1ccccc1)c1ncnc(NCCc2ccccc2)c1[N+](=O)[O-]. The topological polar surface area (TPSA) is 84.2 Å². The minimum atomic E-state index is -0.429. The van der Waals surface area contributed by atoms with E-state index in [0.29, 0.717) is 18.9 Å². The molecule has 2 aromatic carbocycles. The molecule has 0 radical (unpaired) electrons. The summed E-state index contributed by atoms with van der Waals surface area (Å²) in [5.41, 5.74) is 2.10. The second-order valence-electron chi connectivity index (χ2n) is 6.16. The highest BCUT2D eigenvalue weighted by molar-refractivity contribution is 5.70. The average Bonchev–Trinajstić information content (AvgIpc) is 2.69. The molecule has 0 spiro atoms. The Morgan fingerprint density at radius 1 is 1.00 bits per heavy atom. The predicted molar refractivity (Wildman–Crippen MR) is 106 cm³/mol. The third kappa shape index (κ3) is 4.78. The molecule has 7 heteroatoms. The van der Waals surface area contributed by atoms with Gasteiger partial charge in [-0.1, -0.05) is 60.7 Å². The summed E-state index contributed by atoms with van der Waals surface area (Å²) in [6.45, 7) is 1.06. The second-order valence-corrected chi connectivity index (χ2v) is 6.16. The molecule has 0 aliphatic rings. The van der Waals surface area contributed by atoms with Crippen LogP contribution in [0.3, 0.4) is 0 Å². The molecular weight excluding hydrogens is 342 g/mol. The van der Waals surface area contributed by atoms with E-state index in [1.54, 1.807) is 11.9 Å². The van der Waals surface area contributed by atoms with Crippen LogP contribution in [0.15, 0.2) is 67.0 Å². The lowest BCUT2D eigenvalue weighted by atomic mass is 10.1. The summed E-state index contributed by atoms with van der Waals surface area (Å²) in [6.07, 6.45) is 2.10. The van der Waals surface area contributed by atoms with Gasteiger partial charge in [-0.2, -0.15) is 0 Å². The molecule has 0 unspecified atom stereocenters. The number of nitrogens with one attached hydrogen (secondary N) is 1. The predicted octanol–water partition coefficient (Wildman–Crippen LogP) is 3.68. The van der Waals surface area contributed by atoms with Crippen LogP contribution in [0.25, 0.3) is 0 Å². The maximum atomic E-state index is 11.7. The Balaban J connectivity index is 1.76. The lowest BCUT2D eigenvalue weighted by Gasteiger charge is -2.19. The molecule has 3 aromatic rings. The van der Waals surface area contributed by atoms with Crippen molar-refractivity contribution in [2.75, 3.05) is 23.8 Å². The first-order valence-electron chi connectivity index (χ1n) is 8.67. The van der Waals surface area contributed by atoms with Gasteiger partial charge in [0.05, 0.1) is 4.92 Å². The molecule has 0 saturated heterocycles. The van der Waals surface area contributed by atoms with Crippen LogP contribution in [0.1, 0.15) is 11.1 Å². The van der Waals surface area contributed by atoms with E-state index in [9.17, 15) is 10.1 Å². The summed E-state index contributed by atoms with van der Waals surface area (Å²) in [5.74, 6) is 0.530. The molecule has 0 aliphatic heterocycles. The molecule has 3 rings (SSSR count). The third-order valence-electron chi connectivity index (χ3n) is 4.16. The zero-order valence-corrected chi connectivity index (χ0v) is 15.1. The van der Waals surface area contributed by atoms with Crippen molar-refractivity contribution in [3.8, 4) is 0 Å². The summed E-state index contributed by atoms with van der Waals surface area (Å²) >= 11 is 0. The van der Waals surface area contributed by atoms with Gasteiger partial charge in [0.1, 0.15) is 6.33 Å². The number of rotatable bonds is 8. The fourth-order valence-corrected chi connectivity index (χ4v) is 2.85. The second kappa shape index (κ2) is 8.75. The highest BCUT2D eigenvalue weighted by Gasteiger charge is 2.25. The van der Waals surface area contributed by atoms with E-state index in [1.807, 2.05) is 60.7 Å². The minimum absolute atomic E-state index is 0.107. The molecule has 1 heterocycles. The van der Waals surface area contributed by atoms with Gasteiger partial charge < -0.3 is 10.2 Å². The molecule has 0 fully saturated rings. The largest absolute Gasteiger partial charge is 0.364 e. The van der Waals surface area contributed by atoms with E-state index in [1.165, 1.54) is 6.33 Å². The van der Waals surface area contributed by atoms with Crippen LogP contribution in [0, 0.1) is 10.1 Å². The van der Waals surface area contributed by atoms with Crippen LogP contribution in [-0.4, -0.2) is 28.5 Å². The number of nitro groups is 1. The lowest BCUT2D eigenvalue weighted by molar-refractivity contribution is -0.383. The van der Waals surface area contributed by atoms with Crippen LogP contribution in [0.4, 0.5) is 17.3 Å². The van der Waals surface area contributed by atoms with E-state index < -0.39 is 4.92 Å². The molecule has 0 atom stereocenters. The Hall–Kier alpha value is -3.48. The molecule has 27 heavy (non-hydrogen) atoms. The zero-order valence-electron chi connectivity index (χ0n) is 15.1. The Kier molecular flexibility index (Phi) is 5.94. The summed E-state index contributed by atoms with van der Waals surface area (Å²) in [5, 5.41) is 14.8. The van der Waals surface area contributed by atoms with E-state index in [2.05, 4.69) is 15.3 Å². The molecular formula is C20H21N5O2. The van der Waals surface area contributed by atoms with Gasteiger partial charge in [-0.05, 0) is 17.5 Å². The van der Waals surface area contributed by atoms with Gasteiger partial charge in [0, 0.05) is 20.1 Å². The summed E-state index contributed by atoms with van der Waals surface area (Å²) in [7, 11) is 1.79.